The average molecular weight is 293 g/mol. The molecule has 21 heavy (non-hydrogen) atoms. The molecule has 112 valence electrons. The Balaban J connectivity index is 1.97. The normalized spacial score (nSPS) is 17.9. The highest BCUT2D eigenvalue weighted by atomic mass is 19.1. The number of aromatic nitrogens is 2. The zero-order chi connectivity index (χ0) is 15.0. The number of benzene rings is 1. The molecular formula is C15H17F2N3O. The largest absolute Gasteiger partial charge is 0.334 e. The fraction of sp³-hybridized carbons (Fsp3) is 0.467. The van der Waals surface area contributed by atoms with E-state index in [2.05, 4.69) is 10.1 Å². The number of hydrogen-bond acceptors (Lipinski definition) is 4. The number of nitrogens with zero attached hydrogens (tertiary/aromatic N) is 2. The molecule has 0 atom stereocenters. The summed E-state index contributed by atoms with van der Waals surface area (Å²) in [6.45, 7) is 1.56. The lowest BCUT2D eigenvalue weighted by Gasteiger charge is -2.29. The molecule has 4 nitrogen and oxygen atoms in total. The van der Waals surface area contributed by atoms with Gasteiger partial charge in [-0.25, -0.2) is 8.78 Å². The molecule has 1 saturated carbocycles. The Morgan fingerprint density at radius 2 is 1.86 bits per heavy atom. The smallest absolute Gasteiger partial charge is 0.260 e. The van der Waals surface area contributed by atoms with E-state index in [-0.39, 0.29) is 11.5 Å². The Morgan fingerprint density at radius 1 is 1.14 bits per heavy atom. The van der Waals surface area contributed by atoms with Crippen LogP contribution >= 0.6 is 0 Å². The van der Waals surface area contributed by atoms with Crippen LogP contribution < -0.4 is 5.73 Å². The molecule has 1 heterocycles. The molecule has 0 bridgehead atoms. The van der Waals surface area contributed by atoms with Gasteiger partial charge in [0.2, 0.25) is 0 Å². The first-order chi connectivity index (χ1) is 9.99. The van der Waals surface area contributed by atoms with Crippen molar-refractivity contribution in [3.63, 3.8) is 0 Å². The molecule has 6 heteroatoms. The third-order valence-corrected chi connectivity index (χ3v) is 4.10. The van der Waals surface area contributed by atoms with Gasteiger partial charge in [-0.1, -0.05) is 24.4 Å². The van der Waals surface area contributed by atoms with Crippen molar-refractivity contribution < 1.29 is 13.3 Å². The van der Waals surface area contributed by atoms with E-state index in [0.717, 1.165) is 38.2 Å². The van der Waals surface area contributed by atoms with Crippen LogP contribution in [0.5, 0.6) is 0 Å². The minimum absolute atomic E-state index is 0.0426. The number of halogens is 2. The van der Waals surface area contributed by atoms with E-state index in [9.17, 15) is 8.78 Å². The van der Waals surface area contributed by atoms with Gasteiger partial charge in [-0.3, -0.25) is 0 Å². The summed E-state index contributed by atoms with van der Waals surface area (Å²) in [6.07, 6.45) is 4.76. The van der Waals surface area contributed by atoms with Crippen molar-refractivity contribution in [2.75, 3.05) is 0 Å². The molecule has 0 saturated heterocycles. The minimum Gasteiger partial charge on any atom is -0.334 e. The van der Waals surface area contributed by atoms with Gasteiger partial charge in [0.1, 0.15) is 11.6 Å². The van der Waals surface area contributed by atoms with Crippen molar-refractivity contribution in [1.29, 1.82) is 0 Å². The van der Waals surface area contributed by atoms with Gasteiger partial charge in [0, 0.05) is 6.07 Å². The SMILES string of the molecule is Cc1cc(-c2nc(C3(N)CCCCC3)no2)c(F)cc1F. The van der Waals surface area contributed by atoms with Gasteiger partial charge in [0.25, 0.3) is 5.89 Å². The predicted octanol–water partition coefficient (Wildman–Crippen LogP) is 3.44. The lowest BCUT2D eigenvalue weighted by Crippen LogP contribution is -2.39. The monoisotopic (exact) mass is 293 g/mol. The maximum atomic E-state index is 13.9. The third kappa shape index (κ3) is 2.55. The molecule has 2 aromatic rings. The molecule has 0 amide bonds. The summed E-state index contributed by atoms with van der Waals surface area (Å²) >= 11 is 0. The summed E-state index contributed by atoms with van der Waals surface area (Å²) in [4.78, 5) is 4.24. The van der Waals surface area contributed by atoms with Gasteiger partial charge < -0.3 is 10.3 Å². The highest BCUT2D eigenvalue weighted by Crippen LogP contribution is 2.34. The number of aryl methyl sites for hydroxylation is 1. The maximum absolute atomic E-state index is 13.9. The molecule has 1 aromatic carbocycles. The van der Waals surface area contributed by atoms with Crippen LogP contribution in [0.15, 0.2) is 16.7 Å². The van der Waals surface area contributed by atoms with Gasteiger partial charge in [-0.2, -0.15) is 4.98 Å². The quantitative estimate of drug-likeness (QED) is 0.921. The second-order valence-corrected chi connectivity index (χ2v) is 5.72. The van der Waals surface area contributed by atoms with Crippen LogP contribution in [0, 0.1) is 18.6 Å². The fourth-order valence-electron chi connectivity index (χ4n) is 2.76. The summed E-state index contributed by atoms with van der Waals surface area (Å²) in [7, 11) is 0. The Morgan fingerprint density at radius 3 is 2.57 bits per heavy atom. The first kappa shape index (κ1) is 14.1. The van der Waals surface area contributed by atoms with Gasteiger partial charge in [0.05, 0.1) is 11.1 Å². The van der Waals surface area contributed by atoms with Crippen molar-refractivity contribution >= 4 is 0 Å². The van der Waals surface area contributed by atoms with Crippen LogP contribution in [0.4, 0.5) is 8.78 Å². The molecule has 0 unspecified atom stereocenters. The summed E-state index contributed by atoms with van der Waals surface area (Å²) < 4.78 is 32.3. The first-order valence-electron chi connectivity index (χ1n) is 7.09. The topological polar surface area (TPSA) is 64.9 Å². The van der Waals surface area contributed by atoms with Crippen molar-refractivity contribution in [2.24, 2.45) is 5.73 Å². The van der Waals surface area contributed by atoms with Crippen LogP contribution in [0.2, 0.25) is 0 Å². The molecule has 1 aromatic heterocycles. The van der Waals surface area contributed by atoms with E-state index >= 15 is 0 Å². The number of rotatable bonds is 2. The summed E-state index contributed by atoms with van der Waals surface area (Å²) in [5.74, 6) is -0.874. The fourth-order valence-corrected chi connectivity index (χ4v) is 2.76. The van der Waals surface area contributed by atoms with Gasteiger partial charge in [0.15, 0.2) is 5.82 Å². The van der Waals surface area contributed by atoms with Crippen LogP contribution in [-0.2, 0) is 5.54 Å². The summed E-state index contributed by atoms with van der Waals surface area (Å²) in [5.41, 5.74) is 6.15. The lowest BCUT2D eigenvalue weighted by molar-refractivity contribution is 0.275. The molecule has 1 aliphatic carbocycles. The van der Waals surface area contributed by atoms with Crippen LogP contribution in [0.3, 0.4) is 0 Å². The average Bonchev–Trinajstić information content (AvgIpc) is 2.94. The second kappa shape index (κ2) is 5.18. The lowest BCUT2D eigenvalue weighted by atomic mass is 9.82. The molecule has 0 radical (unpaired) electrons. The minimum atomic E-state index is -0.719. The second-order valence-electron chi connectivity index (χ2n) is 5.72. The third-order valence-electron chi connectivity index (χ3n) is 4.10. The van der Waals surface area contributed by atoms with Crippen molar-refractivity contribution in [1.82, 2.24) is 10.1 Å². The molecule has 2 N–H and O–H groups in total. The standard InChI is InChI=1S/C15H17F2N3O/c1-9-7-10(12(17)8-11(9)16)13-19-14(20-21-13)15(18)5-3-2-4-6-15/h7-8H,2-6,18H2,1H3. The van der Waals surface area contributed by atoms with Gasteiger partial charge in [-0.05, 0) is 31.4 Å². The van der Waals surface area contributed by atoms with Gasteiger partial charge >= 0.3 is 0 Å². The van der Waals surface area contributed by atoms with Crippen molar-refractivity contribution in [3.05, 3.63) is 35.2 Å². The molecule has 1 fully saturated rings. The van der Waals surface area contributed by atoms with E-state index in [1.54, 1.807) is 6.92 Å². The van der Waals surface area contributed by atoms with Crippen LogP contribution in [-0.4, -0.2) is 10.1 Å². The van der Waals surface area contributed by atoms with Gasteiger partial charge in [-0.15, -0.1) is 0 Å². The Hall–Kier alpha value is -1.82. The molecular weight excluding hydrogens is 276 g/mol. The summed E-state index contributed by atoms with van der Waals surface area (Å²) in [5, 5.41) is 3.91. The highest BCUT2D eigenvalue weighted by molar-refractivity contribution is 5.55. The zero-order valence-electron chi connectivity index (χ0n) is 11.8. The molecule has 3 rings (SSSR count). The Kier molecular flexibility index (Phi) is 3.49. The highest BCUT2D eigenvalue weighted by Gasteiger charge is 2.34. The van der Waals surface area contributed by atoms with E-state index in [1.165, 1.54) is 6.07 Å². The predicted molar refractivity (Wildman–Crippen MR) is 73.3 cm³/mol. The number of nitrogens with two attached hydrogens (primary N) is 1. The summed E-state index contributed by atoms with van der Waals surface area (Å²) in [6, 6.07) is 2.19. The van der Waals surface area contributed by atoms with E-state index < -0.39 is 17.2 Å². The molecule has 0 spiro atoms. The number of hydrogen-bond donors (Lipinski definition) is 1. The van der Waals surface area contributed by atoms with E-state index in [4.69, 9.17) is 10.3 Å². The van der Waals surface area contributed by atoms with Crippen LogP contribution in [0.25, 0.3) is 11.5 Å². The molecule has 0 aliphatic heterocycles. The van der Waals surface area contributed by atoms with Crippen molar-refractivity contribution in [3.8, 4) is 11.5 Å². The zero-order valence-corrected chi connectivity index (χ0v) is 11.8. The van der Waals surface area contributed by atoms with E-state index in [1.807, 2.05) is 0 Å². The Labute approximate surface area is 121 Å². The van der Waals surface area contributed by atoms with E-state index in [0.29, 0.717) is 11.4 Å². The van der Waals surface area contributed by atoms with Crippen molar-refractivity contribution in [2.45, 2.75) is 44.6 Å². The molecule has 1 aliphatic rings. The van der Waals surface area contributed by atoms with Crippen LogP contribution in [0.1, 0.15) is 43.5 Å². The Bertz CT molecular complexity index is 663. The first-order valence-corrected chi connectivity index (χ1v) is 7.09. The maximum Gasteiger partial charge on any atom is 0.260 e.